The van der Waals surface area contributed by atoms with Gasteiger partial charge < -0.3 is 9.64 Å². The van der Waals surface area contributed by atoms with Crippen LogP contribution in [-0.4, -0.2) is 31.6 Å². The highest BCUT2D eigenvalue weighted by Gasteiger charge is 2.27. The predicted molar refractivity (Wildman–Crippen MR) is 73.3 cm³/mol. The fourth-order valence-corrected chi connectivity index (χ4v) is 2.51. The Hall–Kier alpha value is -1.35. The molecule has 1 aromatic carbocycles. The number of carbonyl (C=O) groups excluding carboxylic acids is 1. The van der Waals surface area contributed by atoms with Crippen molar-refractivity contribution >= 4 is 11.5 Å². The summed E-state index contributed by atoms with van der Waals surface area (Å²) < 4.78 is 5.59. The van der Waals surface area contributed by atoms with Crippen molar-refractivity contribution in [2.75, 3.05) is 18.6 Å². The molecule has 0 aromatic heterocycles. The number of nitrogens with zero attached hydrogens (tertiary/aromatic N) is 1. The fraction of sp³-hybridized carbons (Fsp3) is 0.533. The van der Waals surface area contributed by atoms with E-state index < -0.39 is 0 Å². The van der Waals surface area contributed by atoms with Gasteiger partial charge in [-0.15, -0.1) is 0 Å². The summed E-state index contributed by atoms with van der Waals surface area (Å²) in [5, 5.41) is 0. The monoisotopic (exact) mass is 247 g/mol. The molecule has 0 radical (unpaired) electrons. The average molecular weight is 247 g/mol. The number of benzene rings is 1. The van der Waals surface area contributed by atoms with Gasteiger partial charge in [0.05, 0.1) is 12.1 Å². The first kappa shape index (κ1) is 13.1. The van der Waals surface area contributed by atoms with Crippen LogP contribution in [0.2, 0.25) is 0 Å². The first-order chi connectivity index (χ1) is 8.63. The van der Waals surface area contributed by atoms with Crippen LogP contribution < -0.4 is 4.90 Å². The lowest BCUT2D eigenvalue weighted by molar-refractivity contribution is 0.0988. The maximum atomic E-state index is 11.6. The lowest BCUT2D eigenvalue weighted by atomic mass is 10.1. The molecule has 1 fully saturated rings. The zero-order valence-electron chi connectivity index (χ0n) is 11.3. The molecular formula is C15H21NO2. The Kier molecular flexibility index (Phi) is 4.02. The summed E-state index contributed by atoms with van der Waals surface area (Å²) in [5.74, 6) is 0.196. The van der Waals surface area contributed by atoms with Gasteiger partial charge in [0.1, 0.15) is 0 Å². The predicted octanol–water partition coefficient (Wildman–Crippen LogP) is 2.89. The van der Waals surface area contributed by atoms with Crippen molar-refractivity contribution in [1.29, 1.82) is 0 Å². The molecule has 0 N–H and O–H groups in total. The molecule has 0 spiro atoms. The molecule has 3 heteroatoms. The van der Waals surface area contributed by atoms with Gasteiger partial charge in [-0.25, -0.2) is 0 Å². The fourth-order valence-electron chi connectivity index (χ4n) is 2.51. The summed E-state index contributed by atoms with van der Waals surface area (Å²) in [6, 6.07) is 8.30. The summed E-state index contributed by atoms with van der Waals surface area (Å²) in [5.41, 5.74) is 1.94. The number of carbonyl (C=O) groups is 1. The lowest BCUT2D eigenvalue weighted by Gasteiger charge is -2.28. The summed E-state index contributed by atoms with van der Waals surface area (Å²) >= 11 is 0. The Morgan fingerprint density at radius 3 is 2.56 bits per heavy atom. The van der Waals surface area contributed by atoms with Crippen LogP contribution in [0.3, 0.4) is 0 Å². The first-order valence-corrected chi connectivity index (χ1v) is 6.61. The van der Waals surface area contributed by atoms with Crippen molar-refractivity contribution in [2.24, 2.45) is 0 Å². The number of ether oxygens (including phenoxy) is 1. The Morgan fingerprint density at radius 1 is 1.39 bits per heavy atom. The third-order valence-corrected chi connectivity index (χ3v) is 3.75. The number of rotatable bonds is 4. The maximum Gasteiger partial charge on any atom is 0.162 e. The summed E-state index contributed by atoms with van der Waals surface area (Å²) in [6.45, 7) is 4.84. The molecule has 0 amide bonds. The molecule has 18 heavy (non-hydrogen) atoms. The molecule has 1 aliphatic heterocycles. The highest BCUT2D eigenvalue weighted by molar-refractivity contribution is 5.96. The van der Waals surface area contributed by atoms with Crippen LogP contribution in [0.15, 0.2) is 24.3 Å². The molecule has 1 aromatic rings. The summed E-state index contributed by atoms with van der Waals surface area (Å²) in [4.78, 5) is 13.8. The van der Waals surface area contributed by atoms with E-state index in [2.05, 4.69) is 18.9 Å². The molecule has 2 unspecified atom stereocenters. The van der Waals surface area contributed by atoms with E-state index in [1.54, 1.807) is 0 Å². The van der Waals surface area contributed by atoms with E-state index >= 15 is 0 Å². The highest BCUT2D eigenvalue weighted by atomic mass is 16.5. The second-order valence-corrected chi connectivity index (χ2v) is 4.87. The smallest absolute Gasteiger partial charge is 0.162 e. The van der Waals surface area contributed by atoms with Crippen LogP contribution in [-0.2, 0) is 4.74 Å². The van der Waals surface area contributed by atoms with Crippen LogP contribution in [0.4, 0.5) is 5.69 Å². The molecule has 98 valence electrons. The quantitative estimate of drug-likeness (QED) is 0.766. The van der Waals surface area contributed by atoms with Crippen LogP contribution >= 0.6 is 0 Å². The van der Waals surface area contributed by atoms with Gasteiger partial charge in [-0.3, -0.25) is 4.79 Å². The third kappa shape index (κ3) is 2.56. The number of hydrogen-bond acceptors (Lipinski definition) is 3. The molecule has 0 aliphatic carbocycles. The zero-order chi connectivity index (χ0) is 13.1. The third-order valence-electron chi connectivity index (χ3n) is 3.75. The molecule has 2 atom stereocenters. The second kappa shape index (κ2) is 5.53. The van der Waals surface area contributed by atoms with Crippen molar-refractivity contribution in [2.45, 2.75) is 38.8 Å². The van der Waals surface area contributed by atoms with Gasteiger partial charge in [0.15, 0.2) is 5.78 Å². The molecule has 2 rings (SSSR count). The number of Topliss-reactive ketones (excluding diaryl/α,β-unsaturated/α-hetero) is 1. The summed E-state index contributed by atoms with van der Waals surface area (Å²) in [6.07, 6.45) is 1.89. The minimum atomic E-state index is 0.196. The topological polar surface area (TPSA) is 29.5 Å². The SMILES string of the molecule is CCC(=O)c1ccc(N(C)C2CCOC2C)cc1. The molecule has 3 nitrogen and oxygen atoms in total. The van der Waals surface area contributed by atoms with Crippen LogP contribution in [0.1, 0.15) is 37.0 Å². The molecule has 1 aliphatic rings. The lowest BCUT2D eigenvalue weighted by Crippen LogP contribution is -2.36. The molecule has 1 heterocycles. The molecule has 1 saturated heterocycles. The van der Waals surface area contributed by atoms with Crippen molar-refractivity contribution in [3.8, 4) is 0 Å². The number of likely N-dealkylation sites (N-methyl/N-ethyl adjacent to an activating group) is 1. The van der Waals surface area contributed by atoms with E-state index in [-0.39, 0.29) is 11.9 Å². The van der Waals surface area contributed by atoms with Crippen LogP contribution in [0.25, 0.3) is 0 Å². The van der Waals surface area contributed by atoms with Gasteiger partial charge in [-0.05, 0) is 37.6 Å². The Balaban J connectivity index is 2.11. The highest BCUT2D eigenvalue weighted by Crippen LogP contribution is 2.24. The van der Waals surface area contributed by atoms with Crippen molar-refractivity contribution in [3.05, 3.63) is 29.8 Å². The van der Waals surface area contributed by atoms with E-state index in [4.69, 9.17) is 4.74 Å². The number of anilines is 1. The molecular weight excluding hydrogens is 226 g/mol. The first-order valence-electron chi connectivity index (χ1n) is 6.61. The van der Waals surface area contributed by atoms with Crippen molar-refractivity contribution < 1.29 is 9.53 Å². The Labute approximate surface area is 109 Å². The van der Waals surface area contributed by atoms with Crippen molar-refractivity contribution in [3.63, 3.8) is 0 Å². The van der Waals surface area contributed by atoms with Gasteiger partial charge in [0, 0.05) is 31.3 Å². The van der Waals surface area contributed by atoms with Gasteiger partial charge >= 0.3 is 0 Å². The minimum absolute atomic E-state index is 0.196. The maximum absolute atomic E-state index is 11.6. The Bertz CT molecular complexity index is 413. The molecule has 0 saturated carbocycles. The van der Waals surface area contributed by atoms with Gasteiger partial charge in [0.2, 0.25) is 0 Å². The number of ketones is 1. The van der Waals surface area contributed by atoms with Gasteiger partial charge in [-0.1, -0.05) is 6.92 Å². The average Bonchev–Trinajstić information content (AvgIpc) is 2.83. The van der Waals surface area contributed by atoms with Crippen molar-refractivity contribution in [1.82, 2.24) is 0 Å². The minimum Gasteiger partial charge on any atom is -0.376 e. The molecule has 0 bridgehead atoms. The van der Waals surface area contributed by atoms with E-state index in [0.29, 0.717) is 12.5 Å². The standard InChI is InChI=1S/C15H21NO2/c1-4-15(17)12-5-7-13(8-6-12)16(3)14-9-10-18-11(14)2/h5-8,11,14H,4,9-10H2,1-3H3. The largest absolute Gasteiger partial charge is 0.376 e. The normalized spacial score (nSPS) is 23.1. The number of hydrogen-bond donors (Lipinski definition) is 0. The van der Waals surface area contributed by atoms with Crippen LogP contribution in [0, 0.1) is 0 Å². The van der Waals surface area contributed by atoms with E-state index in [1.807, 2.05) is 31.2 Å². The van der Waals surface area contributed by atoms with Gasteiger partial charge in [-0.2, -0.15) is 0 Å². The second-order valence-electron chi connectivity index (χ2n) is 4.87. The summed E-state index contributed by atoms with van der Waals surface area (Å²) in [7, 11) is 2.09. The van der Waals surface area contributed by atoms with Gasteiger partial charge in [0.25, 0.3) is 0 Å². The van der Waals surface area contributed by atoms with E-state index in [1.165, 1.54) is 0 Å². The van der Waals surface area contributed by atoms with E-state index in [9.17, 15) is 4.79 Å². The Morgan fingerprint density at radius 2 is 2.06 bits per heavy atom. The zero-order valence-corrected chi connectivity index (χ0v) is 11.3. The van der Waals surface area contributed by atoms with E-state index in [0.717, 1.165) is 24.3 Å². The van der Waals surface area contributed by atoms with Crippen LogP contribution in [0.5, 0.6) is 0 Å².